The number of sulfonamides is 1. The van der Waals surface area contributed by atoms with E-state index in [0.29, 0.717) is 5.69 Å². The molecule has 0 aliphatic carbocycles. The Morgan fingerprint density at radius 3 is 2.38 bits per heavy atom. The maximum atomic E-state index is 12.1. The Labute approximate surface area is 138 Å². The predicted octanol–water partition coefficient (Wildman–Crippen LogP) is 0.669. The van der Waals surface area contributed by atoms with Crippen molar-refractivity contribution in [2.24, 2.45) is 7.05 Å². The van der Waals surface area contributed by atoms with Crippen molar-refractivity contribution in [2.45, 2.75) is 11.8 Å². The molecular formula is C14H16N4O5S. The lowest BCUT2D eigenvalue weighted by Crippen LogP contribution is -2.23. The van der Waals surface area contributed by atoms with Crippen LogP contribution in [0.15, 0.2) is 35.2 Å². The van der Waals surface area contributed by atoms with E-state index < -0.39 is 21.9 Å². The number of hydrogen-bond donors (Lipinski definition) is 3. The summed E-state index contributed by atoms with van der Waals surface area (Å²) in [4.78, 5) is 23.1. The predicted molar refractivity (Wildman–Crippen MR) is 85.4 cm³/mol. The number of carboxylic acid groups (broad SMARTS) is 1. The lowest BCUT2D eigenvalue weighted by Gasteiger charge is -2.06. The summed E-state index contributed by atoms with van der Waals surface area (Å²) < 4.78 is 27.1. The van der Waals surface area contributed by atoms with E-state index in [1.807, 2.05) is 0 Å². The molecule has 24 heavy (non-hydrogen) atoms. The number of hydrogen-bond acceptors (Lipinski definition) is 5. The Kier molecular flexibility index (Phi) is 5.00. The molecule has 1 heterocycles. The standard InChI is InChI=1S/C14H16N4O5S/c1-3-15-24(22,23)10-6-4-9(5-7-10)16-13(19)11-8-12(14(20)21)18(2)17-11/h4-8,15H,3H2,1-2H3,(H,16,19)(H,20,21). The Balaban J connectivity index is 2.15. The molecule has 0 fully saturated rings. The highest BCUT2D eigenvalue weighted by Gasteiger charge is 2.17. The Morgan fingerprint density at radius 2 is 1.88 bits per heavy atom. The zero-order valence-electron chi connectivity index (χ0n) is 13.0. The fraction of sp³-hybridized carbons (Fsp3) is 0.214. The molecule has 2 aromatic rings. The van der Waals surface area contributed by atoms with Gasteiger partial charge in [0.2, 0.25) is 10.0 Å². The van der Waals surface area contributed by atoms with Gasteiger partial charge in [-0.2, -0.15) is 5.10 Å². The number of anilines is 1. The average Bonchev–Trinajstić information content (AvgIpc) is 2.90. The van der Waals surface area contributed by atoms with Crippen LogP contribution >= 0.6 is 0 Å². The fourth-order valence-electron chi connectivity index (χ4n) is 1.96. The van der Waals surface area contributed by atoms with Gasteiger partial charge in [0.1, 0.15) is 5.69 Å². The SMILES string of the molecule is CCNS(=O)(=O)c1ccc(NC(=O)c2cc(C(=O)O)n(C)n2)cc1. The number of carbonyl (C=O) groups excluding carboxylic acids is 1. The molecule has 0 saturated heterocycles. The second-order valence-corrected chi connectivity index (χ2v) is 6.59. The van der Waals surface area contributed by atoms with E-state index in [9.17, 15) is 18.0 Å². The lowest BCUT2D eigenvalue weighted by atomic mass is 10.3. The van der Waals surface area contributed by atoms with Crippen molar-refractivity contribution in [1.82, 2.24) is 14.5 Å². The molecule has 1 aromatic carbocycles. The molecule has 0 saturated carbocycles. The molecule has 10 heteroatoms. The first-order chi connectivity index (χ1) is 11.2. The number of aryl methyl sites for hydroxylation is 1. The number of aromatic carboxylic acids is 1. The molecule has 9 nitrogen and oxygen atoms in total. The summed E-state index contributed by atoms with van der Waals surface area (Å²) in [5.74, 6) is -1.79. The van der Waals surface area contributed by atoms with Crippen LogP contribution in [0.5, 0.6) is 0 Å². The van der Waals surface area contributed by atoms with Gasteiger partial charge in [-0.05, 0) is 24.3 Å². The summed E-state index contributed by atoms with van der Waals surface area (Å²) in [7, 11) is -2.15. The molecule has 0 atom stereocenters. The monoisotopic (exact) mass is 352 g/mol. The van der Waals surface area contributed by atoms with Gasteiger partial charge < -0.3 is 10.4 Å². The zero-order valence-corrected chi connectivity index (χ0v) is 13.8. The van der Waals surface area contributed by atoms with Crippen molar-refractivity contribution in [3.8, 4) is 0 Å². The molecule has 0 spiro atoms. The van der Waals surface area contributed by atoms with Crippen LogP contribution in [-0.2, 0) is 17.1 Å². The molecule has 0 bridgehead atoms. The highest BCUT2D eigenvalue weighted by atomic mass is 32.2. The summed E-state index contributed by atoms with van der Waals surface area (Å²) in [6.45, 7) is 1.94. The van der Waals surface area contributed by atoms with E-state index in [4.69, 9.17) is 5.11 Å². The van der Waals surface area contributed by atoms with Crippen LogP contribution in [0.3, 0.4) is 0 Å². The van der Waals surface area contributed by atoms with Crippen LogP contribution in [0.25, 0.3) is 0 Å². The lowest BCUT2D eigenvalue weighted by molar-refractivity contribution is 0.0684. The third kappa shape index (κ3) is 3.78. The summed E-state index contributed by atoms with van der Waals surface area (Å²) in [6, 6.07) is 6.73. The number of benzene rings is 1. The molecule has 2 rings (SSSR count). The molecule has 0 radical (unpaired) electrons. The van der Waals surface area contributed by atoms with Crippen molar-refractivity contribution < 1.29 is 23.1 Å². The second kappa shape index (κ2) is 6.81. The van der Waals surface area contributed by atoms with Crippen LogP contribution in [0.4, 0.5) is 5.69 Å². The number of aromatic nitrogens is 2. The van der Waals surface area contributed by atoms with Gasteiger partial charge >= 0.3 is 5.97 Å². The first-order valence-corrected chi connectivity index (χ1v) is 8.41. The van der Waals surface area contributed by atoms with E-state index >= 15 is 0 Å². The Bertz CT molecular complexity index is 871. The fourth-order valence-corrected chi connectivity index (χ4v) is 3.01. The molecular weight excluding hydrogens is 336 g/mol. The van der Waals surface area contributed by atoms with Gasteiger partial charge in [-0.15, -0.1) is 0 Å². The van der Waals surface area contributed by atoms with Crippen LogP contribution in [0.1, 0.15) is 27.9 Å². The van der Waals surface area contributed by atoms with Gasteiger partial charge in [-0.25, -0.2) is 17.9 Å². The van der Waals surface area contributed by atoms with Gasteiger partial charge in [0.15, 0.2) is 5.69 Å². The van der Waals surface area contributed by atoms with E-state index in [0.717, 1.165) is 10.7 Å². The Hall–Kier alpha value is -2.72. The summed E-state index contributed by atoms with van der Waals surface area (Å²) in [5, 5.41) is 15.3. The zero-order chi connectivity index (χ0) is 17.9. The first kappa shape index (κ1) is 17.6. The number of carboxylic acids is 1. The molecule has 0 aliphatic heterocycles. The maximum Gasteiger partial charge on any atom is 0.354 e. The number of rotatable bonds is 6. The number of nitrogens with one attached hydrogen (secondary N) is 2. The van der Waals surface area contributed by atoms with Crippen molar-refractivity contribution in [2.75, 3.05) is 11.9 Å². The Morgan fingerprint density at radius 1 is 1.25 bits per heavy atom. The quantitative estimate of drug-likeness (QED) is 0.700. The number of nitrogens with zero attached hydrogens (tertiary/aromatic N) is 2. The molecule has 3 N–H and O–H groups in total. The van der Waals surface area contributed by atoms with Crippen molar-refractivity contribution >= 4 is 27.6 Å². The van der Waals surface area contributed by atoms with Crippen molar-refractivity contribution in [3.05, 3.63) is 41.7 Å². The van der Waals surface area contributed by atoms with E-state index in [1.165, 1.54) is 31.3 Å². The smallest absolute Gasteiger partial charge is 0.354 e. The number of amides is 1. The molecule has 128 valence electrons. The molecule has 1 amide bonds. The first-order valence-electron chi connectivity index (χ1n) is 6.93. The van der Waals surface area contributed by atoms with Gasteiger partial charge in [0.05, 0.1) is 4.90 Å². The van der Waals surface area contributed by atoms with E-state index in [1.54, 1.807) is 6.92 Å². The molecule has 1 aromatic heterocycles. The van der Waals surface area contributed by atoms with E-state index in [2.05, 4.69) is 15.1 Å². The minimum atomic E-state index is -3.56. The third-order valence-corrected chi connectivity index (χ3v) is 4.65. The van der Waals surface area contributed by atoms with Gasteiger partial charge in [-0.3, -0.25) is 9.48 Å². The minimum Gasteiger partial charge on any atom is -0.477 e. The summed E-state index contributed by atoms with van der Waals surface area (Å²) in [5.41, 5.74) is 0.185. The highest BCUT2D eigenvalue weighted by molar-refractivity contribution is 7.89. The van der Waals surface area contributed by atoms with Crippen molar-refractivity contribution in [3.63, 3.8) is 0 Å². The van der Waals surface area contributed by atoms with Crippen LogP contribution < -0.4 is 10.0 Å². The largest absolute Gasteiger partial charge is 0.477 e. The molecule has 0 unspecified atom stereocenters. The molecule has 0 aliphatic rings. The maximum absolute atomic E-state index is 12.1. The van der Waals surface area contributed by atoms with Gasteiger partial charge in [0.25, 0.3) is 5.91 Å². The van der Waals surface area contributed by atoms with Gasteiger partial charge in [0, 0.05) is 25.3 Å². The van der Waals surface area contributed by atoms with Crippen LogP contribution in [0, 0.1) is 0 Å². The highest BCUT2D eigenvalue weighted by Crippen LogP contribution is 2.15. The minimum absolute atomic E-state index is 0.0563. The average molecular weight is 352 g/mol. The summed E-state index contributed by atoms with van der Waals surface area (Å²) in [6.07, 6.45) is 0. The van der Waals surface area contributed by atoms with Crippen LogP contribution in [0.2, 0.25) is 0 Å². The topological polar surface area (TPSA) is 130 Å². The summed E-state index contributed by atoms with van der Waals surface area (Å²) >= 11 is 0. The third-order valence-electron chi connectivity index (χ3n) is 3.09. The normalized spacial score (nSPS) is 11.2. The second-order valence-electron chi connectivity index (χ2n) is 4.82. The van der Waals surface area contributed by atoms with E-state index in [-0.39, 0.29) is 22.8 Å². The van der Waals surface area contributed by atoms with Gasteiger partial charge in [-0.1, -0.05) is 6.92 Å². The van der Waals surface area contributed by atoms with Crippen molar-refractivity contribution in [1.29, 1.82) is 0 Å². The number of carbonyl (C=O) groups is 2. The van der Waals surface area contributed by atoms with Crippen LogP contribution in [-0.4, -0.2) is 41.7 Å².